The number of nitrogens with one attached hydrogen (secondary N) is 3. The standard InChI is InChI=1S/C17H28N4O2/c22-16(19-10-9-15-12-18-13-21-15)7-8-17(23)20-11-14-5-3-1-2-4-6-14/h12-14H,1-11H2,(H,18,21)(H,19,22)(H,20,23). The predicted octanol–water partition coefficient (Wildman–Crippen LogP) is 1.94. The first-order chi connectivity index (χ1) is 11.2. The van der Waals surface area contributed by atoms with Crippen molar-refractivity contribution in [1.82, 2.24) is 20.6 Å². The Labute approximate surface area is 137 Å². The number of H-pyrrole nitrogens is 1. The van der Waals surface area contributed by atoms with Gasteiger partial charge in [-0.05, 0) is 18.8 Å². The molecule has 0 aliphatic heterocycles. The summed E-state index contributed by atoms with van der Waals surface area (Å²) in [5.74, 6) is 0.525. The first kappa shape index (κ1) is 17.5. The second-order valence-electron chi connectivity index (χ2n) is 6.34. The van der Waals surface area contributed by atoms with Crippen LogP contribution in [0.15, 0.2) is 12.5 Å². The normalized spacial score (nSPS) is 15.8. The van der Waals surface area contributed by atoms with E-state index < -0.39 is 0 Å². The Morgan fingerprint density at radius 1 is 1.09 bits per heavy atom. The number of aromatic nitrogens is 2. The molecule has 0 radical (unpaired) electrons. The fourth-order valence-corrected chi connectivity index (χ4v) is 2.99. The molecule has 1 aliphatic carbocycles. The maximum atomic E-state index is 11.8. The molecule has 6 heteroatoms. The van der Waals surface area contributed by atoms with Crippen molar-refractivity contribution in [3.63, 3.8) is 0 Å². The smallest absolute Gasteiger partial charge is 0.220 e. The van der Waals surface area contributed by atoms with Crippen molar-refractivity contribution < 1.29 is 9.59 Å². The molecular weight excluding hydrogens is 292 g/mol. The van der Waals surface area contributed by atoms with E-state index in [0.717, 1.165) is 18.7 Å². The summed E-state index contributed by atoms with van der Waals surface area (Å²) in [5.41, 5.74) is 0.992. The molecule has 0 saturated heterocycles. The van der Waals surface area contributed by atoms with Crippen LogP contribution in [0.5, 0.6) is 0 Å². The highest BCUT2D eigenvalue weighted by Gasteiger charge is 2.13. The van der Waals surface area contributed by atoms with E-state index in [2.05, 4.69) is 20.6 Å². The van der Waals surface area contributed by atoms with Gasteiger partial charge in [0.05, 0.1) is 6.33 Å². The van der Waals surface area contributed by atoms with Crippen molar-refractivity contribution in [3.8, 4) is 0 Å². The van der Waals surface area contributed by atoms with E-state index in [9.17, 15) is 9.59 Å². The number of imidazole rings is 1. The fourth-order valence-electron chi connectivity index (χ4n) is 2.99. The van der Waals surface area contributed by atoms with Crippen molar-refractivity contribution >= 4 is 11.8 Å². The number of carbonyl (C=O) groups is 2. The molecule has 0 aromatic carbocycles. The SMILES string of the molecule is O=C(CCC(=O)NCC1CCCCCC1)NCCc1cnc[nH]1. The summed E-state index contributed by atoms with van der Waals surface area (Å²) in [6.45, 7) is 1.32. The molecule has 1 aliphatic rings. The summed E-state index contributed by atoms with van der Waals surface area (Å²) in [6, 6.07) is 0. The molecule has 6 nitrogen and oxygen atoms in total. The zero-order chi connectivity index (χ0) is 16.3. The molecule has 1 saturated carbocycles. The van der Waals surface area contributed by atoms with E-state index >= 15 is 0 Å². The second kappa shape index (κ2) is 10.0. The van der Waals surface area contributed by atoms with Crippen LogP contribution in [0.1, 0.15) is 57.1 Å². The van der Waals surface area contributed by atoms with Gasteiger partial charge in [0, 0.05) is 44.2 Å². The van der Waals surface area contributed by atoms with Gasteiger partial charge in [0.15, 0.2) is 0 Å². The summed E-state index contributed by atoms with van der Waals surface area (Å²) < 4.78 is 0. The minimum absolute atomic E-state index is 0.0158. The Morgan fingerprint density at radius 3 is 2.43 bits per heavy atom. The van der Waals surface area contributed by atoms with Gasteiger partial charge in [-0.3, -0.25) is 9.59 Å². The minimum atomic E-state index is -0.0749. The van der Waals surface area contributed by atoms with Crippen LogP contribution in [0.4, 0.5) is 0 Å². The average Bonchev–Trinajstić information content (AvgIpc) is 2.92. The van der Waals surface area contributed by atoms with Gasteiger partial charge < -0.3 is 15.6 Å². The number of hydrogen-bond acceptors (Lipinski definition) is 3. The number of hydrogen-bond donors (Lipinski definition) is 3. The third-order valence-corrected chi connectivity index (χ3v) is 4.41. The van der Waals surface area contributed by atoms with Crippen LogP contribution >= 0.6 is 0 Å². The van der Waals surface area contributed by atoms with Crippen molar-refractivity contribution in [2.75, 3.05) is 13.1 Å². The van der Waals surface area contributed by atoms with E-state index in [1.807, 2.05) is 0 Å². The van der Waals surface area contributed by atoms with Crippen LogP contribution in [0.2, 0.25) is 0 Å². The van der Waals surface area contributed by atoms with Crippen molar-refractivity contribution in [2.24, 2.45) is 5.92 Å². The Kier molecular flexibility index (Phi) is 7.63. The number of aromatic amines is 1. The van der Waals surface area contributed by atoms with Gasteiger partial charge in [-0.15, -0.1) is 0 Å². The molecule has 0 spiro atoms. The lowest BCUT2D eigenvalue weighted by Gasteiger charge is -2.14. The summed E-state index contributed by atoms with van der Waals surface area (Å²) >= 11 is 0. The fraction of sp³-hybridized carbons (Fsp3) is 0.706. The Hall–Kier alpha value is -1.85. The van der Waals surface area contributed by atoms with Gasteiger partial charge >= 0.3 is 0 Å². The highest BCUT2D eigenvalue weighted by atomic mass is 16.2. The quantitative estimate of drug-likeness (QED) is 0.640. The molecular formula is C17H28N4O2. The van der Waals surface area contributed by atoms with E-state index in [1.54, 1.807) is 12.5 Å². The lowest BCUT2D eigenvalue weighted by molar-refractivity contribution is -0.126. The lowest BCUT2D eigenvalue weighted by Crippen LogP contribution is -2.31. The van der Waals surface area contributed by atoms with E-state index in [-0.39, 0.29) is 24.7 Å². The molecule has 0 unspecified atom stereocenters. The van der Waals surface area contributed by atoms with Gasteiger partial charge in [-0.1, -0.05) is 25.7 Å². The van der Waals surface area contributed by atoms with Crippen LogP contribution < -0.4 is 10.6 Å². The monoisotopic (exact) mass is 320 g/mol. The lowest BCUT2D eigenvalue weighted by atomic mass is 10.0. The predicted molar refractivity (Wildman–Crippen MR) is 88.7 cm³/mol. The molecule has 2 amide bonds. The van der Waals surface area contributed by atoms with E-state index in [0.29, 0.717) is 12.5 Å². The first-order valence-corrected chi connectivity index (χ1v) is 8.74. The van der Waals surface area contributed by atoms with Gasteiger partial charge in [-0.25, -0.2) is 4.98 Å². The van der Waals surface area contributed by atoms with Gasteiger partial charge in [0.25, 0.3) is 0 Å². The average molecular weight is 320 g/mol. The second-order valence-corrected chi connectivity index (χ2v) is 6.34. The zero-order valence-corrected chi connectivity index (χ0v) is 13.8. The molecule has 128 valence electrons. The number of rotatable bonds is 8. The maximum Gasteiger partial charge on any atom is 0.220 e. The van der Waals surface area contributed by atoms with Crippen molar-refractivity contribution in [3.05, 3.63) is 18.2 Å². The van der Waals surface area contributed by atoms with Gasteiger partial charge in [-0.2, -0.15) is 0 Å². The Balaban J connectivity index is 1.51. The molecule has 0 atom stereocenters. The number of carbonyl (C=O) groups excluding carboxylic acids is 2. The largest absolute Gasteiger partial charge is 0.356 e. The van der Waals surface area contributed by atoms with Crippen molar-refractivity contribution in [1.29, 1.82) is 0 Å². The summed E-state index contributed by atoms with van der Waals surface area (Å²) in [5, 5.41) is 5.81. The highest BCUT2D eigenvalue weighted by Crippen LogP contribution is 2.22. The van der Waals surface area contributed by atoms with Crippen molar-refractivity contribution in [2.45, 2.75) is 57.8 Å². The molecule has 1 fully saturated rings. The molecule has 23 heavy (non-hydrogen) atoms. The van der Waals surface area contributed by atoms with Crippen LogP contribution in [0, 0.1) is 5.92 Å². The van der Waals surface area contributed by atoms with Gasteiger partial charge in [0.1, 0.15) is 0 Å². The molecule has 0 bridgehead atoms. The van der Waals surface area contributed by atoms with Crippen LogP contribution in [0.25, 0.3) is 0 Å². The Bertz CT molecular complexity index is 465. The number of nitrogens with zero attached hydrogens (tertiary/aromatic N) is 1. The highest BCUT2D eigenvalue weighted by molar-refractivity contribution is 5.83. The molecule has 3 N–H and O–H groups in total. The topological polar surface area (TPSA) is 86.9 Å². The van der Waals surface area contributed by atoms with E-state index in [4.69, 9.17) is 0 Å². The van der Waals surface area contributed by atoms with Crippen LogP contribution in [0.3, 0.4) is 0 Å². The molecule has 1 heterocycles. The molecule has 1 aromatic rings. The molecule has 2 rings (SSSR count). The first-order valence-electron chi connectivity index (χ1n) is 8.74. The van der Waals surface area contributed by atoms with E-state index in [1.165, 1.54) is 38.5 Å². The third-order valence-electron chi connectivity index (χ3n) is 4.41. The van der Waals surface area contributed by atoms with Crippen LogP contribution in [-0.2, 0) is 16.0 Å². The summed E-state index contributed by atoms with van der Waals surface area (Å²) in [6.07, 6.45) is 12.2. The zero-order valence-electron chi connectivity index (χ0n) is 13.8. The van der Waals surface area contributed by atoms with Crippen LogP contribution in [-0.4, -0.2) is 34.9 Å². The third kappa shape index (κ3) is 7.30. The number of amides is 2. The van der Waals surface area contributed by atoms with Gasteiger partial charge in [0.2, 0.25) is 11.8 Å². The molecule has 1 aromatic heterocycles. The summed E-state index contributed by atoms with van der Waals surface area (Å²) in [7, 11) is 0. The summed E-state index contributed by atoms with van der Waals surface area (Å²) in [4.78, 5) is 30.5. The maximum absolute atomic E-state index is 11.8. The minimum Gasteiger partial charge on any atom is -0.356 e. The Morgan fingerprint density at radius 2 is 1.78 bits per heavy atom.